The first kappa shape index (κ1) is 16.7. The quantitative estimate of drug-likeness (QED) is 0.642. The molecule has 5 heteroatoms. The van der Waals surface area contributed by atoms with E-state index in [1.807, 2.05) is 13.8 Å². The summed E-state index contributed by atoms with van der Waals surface area (Å²) in [7, 11) is 0. The second-order valence-electron chi connectivity index (χ2n) is 6.47. The van der Waals surface area contributed by atoms with Gasteiger partial charge < -0.3 is 20.5 Å². The molecule has 2 saturated carbocycles. The molecule has 5 nitrogen and oxygen atoms in total. The number of primary amides is 1. The number of nitrogens with two attached hydrogens (primary N) is 1. The van der Waals surface area contributed by atoms with Crippen molar-refractivity contribution in [2.75, 3.05) is 19.8 Å². The molecule has 0 aliphatic heterocycles. The molecule has 1 amide bonds. The zero-order valence-corrected chi connectivity index (χ0v) is 13.4. The number of amides is 1. The Balaban J connectivity index is 1.81. The predicted molar refractivity (Wildman–Crippen MR) is 81.9 cm³/mol. The summed E-state index contributed by atoms with van der Waals surface area (Å²) in [4.78, 5) is 12.0. The highest BCUT2D eigenvalue weighted by atomic mass is 16.5. The van der Waals surface area contributed by atoms with E-state index in [2.05, 4.69) is 5.32 Å². The molecule has 0 aromatic carbocycles. The Morgan fingerprint density at radius 2 is 2.19 bits per heavy atom. The van der Waals surface area contributed by atoms with Crippen LogP contribution in [0.4, 0.5) is 0 Å². The minimum Gasteiger partial charge on any atom is -0.379 e. The third-order valence-electron chi connectivity index (χ3n) is 4.72. The fraction of sp³-hybridized carbons (Fsp3) is 0.938. The lowest BCUT2D eigenvalue weighted by Crippen LogP contribution is -2.58. The van der Waals surface area contributed by atoms with Gasteiger partial charge in [-0.2, -0.15) is 0 Å². The Hall–Kier alpha value is -0.650. The molecule has 0 aromatic rings. The fourth-order valence-electron chi connectivity index (χ4n) is 3.39. The molecule has 3 N–H and O–H groups in total. The molecule has 0 aromatic heterocycles. The second kappa shape index (κ2) is 7.56. The molecule has 0 saturated heterocycles. The molecule has 2 rings (SSSR count). The SMILES string of the molecule is CCOCC(C)OCCC1CCCC1(NC1CC1)C(N)=O. The van der Waals surface area contributed by atoms with Crippen LogP contribution in [0, 0.1) is 5.92 Å². The first-order valence-electron chi connectivity index (χ1n) is 8.35. The van der Waals surface area contributed by atoms with Crippen LogP contribution in [0.1, 0.15) is 52.4 Å². The van der Waals surface area contributed by atoms with E-state index >= 15 is 0 Å². The van der Waals surface area contributed by atoms with Gasteiger partial charge >= 0.3 is 0 Å². The predicted octanol–water partition coefficient (Wildman–Crippen LogP) is 1.59. The third-order valence-corrected chi connectivity index (χ3v) is 4.72. The van der Waals surface area contributed by atoms with E-state index in [0.29, 0.717) is 31.8 Å². The fourth-order valence-corrected chi connectivity index (χ4v) is 3.39. The molecule has 0 radical (unpaired) electrons. The summed E-state index contributed by atoms with van der Waals surface area (Å²) in [5.74, 6) is 0.120. The summed E-state index contributed by atoms with van der Waals surface area (Å²) in [6, 6.07) is 0.496. The number of carbonyl (C=O) groups excluding carboxylic acids is 1. The maximum atomic E-state index is 12.0. The highest BCUT2D eigenvalue weighted by molar-refractivity contribution is 5.85. The lowest BCUT2D eigenvalue weighted by molar-refractivity contribution is -0.126. The standard InChI is InChI=1S/C16H30N2O3/c1-3-20-11-12(2)21-10-8-13-5-4-9-16(13,15(17)19)18-14-6-7-14/h12-14,18H,3-11H2,1-2H3,(H2,17,19). The minimum absolute atomic E-state index is 0.103. The normalized spacial score (nSPS) is 30.5. The lowest BCUT2D eigenvalue weighted by Gasteiger charge is -2.34. The van der Waals surface area contributed by atoms with Crippen molar-refractivity contribution in [1.82, 2.24) is 5.32 Å². The summed E-state index contributed by atoms with van der Waals surface area (Å²) in [6.45, 7) is 6.01. The molecule has 0 heterocycles. The van der Waals surface area contributed by atoms with Gasteiger partial charge in [-0.05, 0) is 51.9 Å². The van der Waals surface area contributed by atoms with Gasteiger partial charge in [0.2, 0.25) is 5.91 Å². The highest BCUT2D eigenvalue weighted by Crippen LogP contribution is 2.40. The van der Waals surface area contributed by atoms with E-state index in [1.165, 1.54) is 12.8 Å². The van der Waals surface area contributed by atoms with E-state index in [1.54, 1.807) is 0 Å². The molecule has 0 spiro atoms. The molecule has 0 bridgehead atoms. The Morgan fingerprint density at radius 3 is 2.81 bits per heavy atom. The molecule has 2 aliphatic carbocycles. The Bertz CT molecular complexity index is 346. The highest BCUT2D eigenvalue weighted by Gasteiger charge is 2.49. The van der Waals surface area contributed by atoms with Crippen molar-refractivity contribution in [3.63, 3.8) is 0 Å². The van der Waals surface area contributed by atoms with Gasteiger partial charge in [0.1, 0.15) is 5.54 Å². The molecule has 2 aliphatic rings. The van der Waals surface area contributed by atoms with E-state index in [9.17, 15) is 4.79 Å². The summed E-state index contributed by atoms with van der Waals surface area (Å²) in [5.41, 5.74) is 5.24. The van der Waals surface area contributed by atoms with Crippen LogP contribution in [-0.2, 0) is 14.3 Å². The average molecular weight is 298 g/mol. The summed E-state index contributed by atoms with van der Waals surface area (Å²) < 4.78 is 11.1. The van der Waals surface area contributed by atoms with Gasteiger partial charge in [-0.1, -0.05) is 6.42 Å². The third kappa shape index (κ3) is 4.41. The van der Waals surface area contributed by atoms with Gasteiger partial charge in [-0.25, -0.2) is 0 Å². The zero-order valence-electron chi connectivity index (χ0n) is 13.4. The second-order valence-corrected chi connectivity index (χ2v) is 6.47. The smallest absolute Gasteiger partial charge is 0.238 e. The average Bonchev–Trinajstić information content (AvgIpc) is 3.16. The van der Waals surface area contributed by atoms with E-state index < -0.39 is 5.54 Å². The van der Waals surface area contributed by atoms with Crippen LogP contribution >= 0.6 is 0 Å². The summed E-state index contributed by atoms with van der Waals surface area (Å²) in [5, 5.41) is 3.53. The van der Waals surface area contributed by atoms with Gasteiger partial charge in [0.25, 0.3) is 0 Å². The number of nitrogens with one attached hydrogen (secondary N) is 1. The van der Waals surface area contributed by atoms with Crippen molar-refractivity contribution in [2.24, 2.45) is 11.7 Å². The molecule has 2 fully saturated rings. The first-order chi connectivity index (χ1) is 10.1. The van der Waals surface area contributed by atoms with Crippen LogP contribution in [0.2, 0.25) is 0 Å². The summed E-state index contributed by atoms with van der Waals surface area (Å²) >= 11 is 0. The first-order valence-corrected chi connectivity index (χ1v) is 8.35. The zero-order chi connectivity index (χ0) is 15.3. The number of hydrogen-bond donors (Lipinski definition) is 2. The lowest BCUT2D eigenvalue weighted by atomic mass is 9.84. The minimum atomic E-state index is -0.492. The van der Waals surface area contributed by atoms with Crippen molar-refractivity contribution in [3.05, 3.63) is 0 Å². The van der Waals surface area contributed by atoms with Crippen molar-refractivity contribution < 1.29 is 14.3 Å². The van der Waals surface area contributed by atoms with Crippen molar-refractivity contribution in [2.45, 2.75) is 70.1 Å². The van der Waals surface area contributed by atoms with Crippen LogP contribution in [0.15, 0.2) is 0 Å². The van der Waals surface area contributed by atoms with Gasteiger partial charge in [0.05, 0.1) is 12.7 Å². The molecule has 122 valence electrons. The van der Waals surface area contributed by atoms with E-state index in [0.717, 1.165) is 25.7 Å². The number of ether oxygens (including phenoxy) is 2. The molecule has 3 unspecified atom stereocenters. The van der Waals surface area contributed by atoms with Crippen molar-refractivity contribution >= 4 is 5.91 Å². The topological polar surface area (TPSA) is 73.6 Å². The molecular formula is C16H30N2O3. The maximum absolute atomic E-state index is 12.0. The van der Waals surface area contributed by atoms with Crippen LogP contribution in [0.25, 0.3) is 0 Å². The largest absolute Gasteiger partial charge is 0.379 e. The van der Waals surface area contributed by atoms with E-state index in [-0.39, 0.29) is 12.0 Å². The Kier molecular flexibility index (Phi) is 6.02. The van der Waals surface area contributed by atoms with Crippen LogP contribution in [0.5, 0.6) is 0 Å². The Morgan fingerprint density at radius 1 is 1.43 bits per heavy atom. The summed E-state index contributed by atoms with van der Waals surface area (Å²) in [6.07, 6.45) is 6.34. The van der Waals surface area contributed by atoms with Gasteiger partial charge in [-0.3, -0.25) is 4.79 Å². The molecule has 21 heavy (non-hydrogen) atoms. The van der Waals surface area contributed by atoms with Crippen molar-refractivity contribution in [1.29, 1.82) is 0 Å². The van der Waals surface area contributed by atoms with Gasteiger partial charge in [0, 0.05) is 19.3 Å². The van der Waals surface area contributed by atoms with Gasteiger partial charge in [0.15, 0.2) is 0 Å². The van der Waals surface area contributed by atoms with Crippen molar-refractivity contribution in [3.8, 4) is 0 Å². The van der Waals surface area contributed by atoms with Crippen LogP contribution < -0.4 is 11.1 Å². The molecule has 3 atom stereocenters. The van der Waals surface area contributed by atoms with Crippen LogP contribution in [-0.4, -0.2) is 43.4 Å². The van der Waals surface area contributed by atoms with Crippen LogP contribution in [0.3, 0.4) is 0 Å². The number of rotatable bonds is 10. The van der Waals surface area contributed by atoms with Gasteiger partial charge in [-0.15, -0.1) is 0 Å². The maximum Gasteiger partial charge on any atom is 0.238 e. The Labute approximate surface area is 127 Å². The number of hydrogen-bond acceptors (Lipinski definition) is 4. The number of carbonyl (C=O) groups is 1. The monoisotopic (exact) mass is 298 g/mol. The van der Waals surface area contributed by atoms with E-state index in [4.69, 9.17) is 15.2 Å². The molecular weight excluding hydrogens is 268 g/mol.